The van der Waals surface area contributed by atoms with Crippen LogP contribution in [0, 0.1) is 47.3 Å². The number of likely N-dealkylation sites (tertiary alicyclic amines) is 2. The number of carbonyl (C=O) groups is 4. The van der Waals surface area contributed by atoms with E-state index in [2.05, 4.69) is 0 Å². The van der Waals surface area contributed by atoms with Crippen LogP contribution in [0.2, 0.25) is 0 Å². The van der Waals surface area contributed by atoms with E-state index in [-0.39, 0.29) is 60.6 Å². The fraction of sp³-hybridized carbons (Fsp3) is 0.630. The summed E-state index contributed by atoms with van der Waals surface area (Å²) in [6.45, 7) is 0.746. The Kier molecular flexibility index (Phi) is 4.57. The van der Waals surface area contributed by atoms with Crippen molar-refractivity contribution in [3.63, 3.8) is 0 Å². The lowest BCUT2D eigenvalue weighted by atomic mass is 9.81. The maximum atomic E-state index is 13.3. The Bertz CT molecular complexity index is 953. The maximum absolute atomic E-state index is 13.3. The van der Waals surface area contributed by atoms with E-state index in [0.717, 1.165) is 44.1 Å². The topological polar surface area (TPSA) is 78.0 Å². The van der Waals surface area contributed by atoms with Gasteiger partial charge in [0.25, 0.3) is 0 Å². The van der Waals surface area contributed by atoms with E-state index < -0.39 is 0 Å². The fourth-order valence-corrected chi connectivity index (χ4v) is 8.61. The second kappa shape index (κ2) is 7.48. The molecule has 6 aliphatic rings. The van der Waals surface area contributed by atoms with Crippen molar-refractivity contribution in [2.24, 2.45) is 47.3 Å². The molecule has 1 aromatic rings. The first-order valence-corrected chi connectivity index (χ1v) is 13.0. The summed E-state index contributed by atoms with van der Waals surface area (Å²) in [5.74, 6) is 0.555. The maximum Gasteiger partial charge on any atom is 0.234 e. The van der Waals surface area contributed by atoms with Gasteiger partial charge in [0, 0.05) is 6.54 Å². The second-order valence-corrected chi connectivity index (χ2v) is 11.6. The number of fused-ring (bicyclic) bond motifs is 10. The number of benzene rings is 1. The van der Waals surface area contributed by atoms with Crippen molar-refractivity contribution < 1.29 is 19.2 Å². The molecule has 7 rings (SSSR count). The molecule has 4 bridgehead atoms. The lowest BCUT2D eigenvalue weighted by molar-refractivity contribution is -0.146. The first-order chi connectivity index (χ1) is 16.5. The van der Waals surface area contributed by atoms with Crippen LogP contribution in [-0.4, -0.2) is 51.7 Å². The van der Waals surface area contributed by atoms with Gasteiger partial charge < -0.3 is 0 Å². The lowest BCUT2D eigenvalue weighted by Gasteiger charge is -2.31. The summed E-state index contributed by atoms with van der Waals surface area (Å²) < 4.78 is 0. The number of rotatable bonds is 6. The Morgan fingerprint density at radius 2 is 1.00 bits per heavy atom. The molecule has 178 valence electrons. The summed E-state index contributed by atoms with van der Waals surface area (Å²) in [7, 11) is 0. The Morgan fingerprint density at radius 3 is 1.38 bits per heavy atom. The molecule has 2 heterocycles. The second-order valence-electron chi connectivity index (χ2n) is 11.6. The molecule has 0 N–H and O–H groups in total. The average molecular weight is 462 g/mol. The fourth-order valence-electron chi connectivity index (χ4n) is 8.61. The van der Waals surface area contributed by atoms with Gasteiger partial charge in [-0.25, -0.2) is 0 Å². The Hall–Kier alpha value is -2.54. The van der Waals surface area contributed by atoms with Crippen molar-refractivity contribution in [3.8, 4) is 0 Å². The van der Waals surface area contributed by atoms with Crippen molar-refractivity contribution in [2.75, 3.05) is 13.3 Å². The van der Waals surface area contributed by atoms with Crippen LogP contribution in [0.1, 0.15) is 44.1 Å². The Morgan fingerprint density at radius 1 is 0.618 bits per heavy atom. The van der Waals surface area contributed by atoms with Crippen molar-refractivity contribution in [3.05, 3.63) is 35.9 Å². The third-order valence-electron chi connectivity index (χ3n) is 9.97. The smallest absolute Gasteiger partial charge is 0.234 e. The number of hydrogen-bond acceptors (Lipinski definition) is 5. The minimum atomic E-state index is -0.158. The van der Waals surface area contributed by atoms with Gasteiger partial charge in [0.05, 0.1) is 37.0 Å². The molecule has 7 nitrogen and oxygen atoms in total. The van der Waals surface area contributed by atoms with Crippen LogP contribution >= 0.6 is 0 Å². The minimum absolute atomic E-state index is 0.0470. The highest BCUT2D eigenvalue weighted by Gasteiger charge is 2.62. The van der Waals surface area contributed by atoms with Gasteiger partial charge in [-0.05, 0) is 67.8 Å². The third-order valence-corrected chi connectivity index (χ3v) is 9.97. The van der Waals surface area contributed by atoms with E-state index in [0.29, 0.717) is 30.2 Å². The van der Waals surface area contributed by atoms with Crippen molar-refractivity contribution in [1.29, 1.82) is 0 Å². The van der Waals surface area contributed by atoms with Crippen LogP contribution in [0.4, 0.5) is 0 Å². The van der Waals surface area contributed by atoms with Gasteiger partial charge in [-0.2, -0.15) is 0 Å². The molecule has 34 heavy (non-hydrogen) atoms. The first-order valence-electron chi connectivity index (χ1n) is 13.0. The van der Waals surface area contributed by atoms with Crippen molar-refractivity contribution in [1.82, 2.24) is 14.7 Å². The van der Waals surface area contributed by atoms with E-state index in [1.54, 1.807) is 0 Å². The largest absolute Gasteiger partial charge is 0.274 e. The molecule has 4 aliphatic carbocycles. The van der Waals surface area contributed by atoms with E-state index in [9.17, 15) is 19.2 Å². The van der Waals surface area contributed by atoms with E-state index in [1.807, 2.05) is 35.2 Å². The highest BCUT2D eigenvalue weighted by Crippen LogP contribution is 2.57. The number of nitrogens with zero attached hydrogens (tertiary/aromatic N) is 3. The molecule has 0 unspecified atom stereocenters. The number of imide groups is 2. The molecule has 6 fully saturated rings. The predicted molar refractivity (Wildman–Crippen MR) is 121 cm³/mol. The van der Waals surface area contributed by atoms with Gasteiger partial charge >= 0.3 is 0 Å². The van der Waals surface area contributed by atoms with Crippen molar-refractivity contribution >= 4 is 23.6 Å². The summed E-state index contributed by atoms with van der Waals surface area (Å²) >= 11 is 0. The highest BCUT2D eigenvalue weighted by atomic mass is 16.2. The van der Waals surface area contributed by atoms with Gasteiger partial charge in [0.15, 0.2) is 0 Å². The number of hydrogen-bond donors (Lipinski definition) is 0. The molecule has 4 saturated carbocycles. The van der Waals surface area contributed by atoms with Crippen LogP contribution in [0.3, 0.4) is 0 Å². The van der Waals surface area contributed by atoms with Gasteiger partial charge in [0.1, 0.15) is 0 Å². The molecule has 2 aliphatic heterocycles. The van der Waals surface area contributed by atoms with Gasteiger partial charge in [-0.15, -0.1) is 0 Å². The van der Waals surface area contributed by atoms with Gasteiger partial charge in [-0.3, -0.25) is 33.9 Å². The molecule has 7 heteroatoms. The monoisotopic (exact) mass is 461 g/mol. The Labute approximate surface area is 199 Å². The zero-order valence-corrected chi connectivity index (χ0v) is 19.3. The molecule has 4 amide bonds. The van der Waals surface area contributed by atoms with E-state index in [1.165, 1.54) is 9.80 Å². The number of amides is 4. The Balaban J connectivity index is 1.14. The summed E-state index contributed by atoms with van der Waals surface area (Å²) in [5.41, 5.74) is 1.03. The third kappa shape index (κ3) is 2.85. The predicted octanol–water partition coefficient (Wildman–Crippen LogP) is 2.47. The summed E-state index contributed by atoms with van der Waals surface area (Å²) in [5, 5.41) is 0. The quantitative estimate of drug-likeness (QED) is 0.609. The summed E-state index contributed by atoms with van der Waals surface area (Å²) in [4.78, 5) is 58.1. The number of carbonyl (C=O) groups excluding carboxylic acids is 4. The van der Waals surface area contributed by atoms with Gasteiger partial charge in [-0.1, -0.05) is 30.3 Å². The SMILES string of the molecule is O=C1[C@@H]2[C@H]3CC[C@@H](C3)[C@@H]2C(=O)N1CN(Cc1ccccc1)CN1C(=O)[C@H]2[C@@H]3CC[C@H](C3)[C@@H]2C1=O. The molecule has 0 radical (unpaired) electrons. The minimum Gasteiger partial charge on any atom is -0.274 e. The van der Waals surface area contributed by atoms with Crippen LogP contribution in [-0.2, 0) is 25.7 Å². The van der Waals surface area contributed by atoms with E-state index in [4.69, 9.17) is 0 Å². The van der Waals surface area contributed by atoms with Crippen LogP contribution < -0.4 is 0 Å². The molecular formula is C27H31N3O4. The van der Waals surface area contributed by atoms with Crippen molar-refractivity contribution in [2.45, 2.75) is 45.1 Å². The molecule has 8 atom stereocenters. The average Bonchev–Trinajstić information content (AvgIpc) is 3.68. The summed E-state index contributed by atoms with van der Waals surface area (Å²) in [6.07, 6.45) is 6.22. The highest BCUT2D eigenvalue weighted by molar-refractivity contribution is 6.07. The van der Waals surface area contributed by atoms with Crippen LogP contribution in [0.5, 0.6) is 0 Å². The zero-order valence-electron chi connectivity index (χ0n) is 19.3. The lowest BCUT2D eigenvalue weighted by Crippen LogP contribution is -2.48. The van der Waals surface area contributed by atoms with Gasteiger partial charge in [0.2, 0.25) is 23.6 Å². The van der Waals surface area contributed by atoms with E-state index >= 15 is 0 Å². The zero-order chi connectivity index (χ0) is 23.1. The van der Waals surface area contributed by atoms with Crippen LogP contribution in [0.15, 0.2) is 30.3 Å². The van der Waals surface area contributed by atoms with Crippen LogP contribution in [0.25, 0.3) is 0 Å². The molecule has 0 aromatic heterocycles. The molecule has 2 saturated heterocycles. The summed E-state index contributed by atoms with van der Waals surface area (Å²) in [6, 6.07) is 9.85. The normalized spacial score (nSPS) is 39.8. The molecule has 1 aromatic carbocycles. The standard InChI is InChI=1S/C27H31N3O4/c31-24-20-16-6-7-17(10-16)21(20)25(32)29(24)13-28(12-15-4-2-1-3-5-15)14-30-26(33)22-18-8-9-19(11-18)23(22)27(30)34/h1-5,16-23H,6-14H2/t16-,17-,18+,19+,20-,21+,22-,23-/m0/s1. The molecular weight excluding hydrogens is 430 g/mol. The first kappa shape index (κ1) is 20.8. The molecule has 0 spiro atoms.